The predicted octanol–water partition coefficient (Wildman–Crippen LogP) is 0.113. The minimum absolute atomic E-state index is 0.0224. The van der Waals surface area contributed by atoms with Gasteiger partial charge < -0.3 is 20.7 Å². The molecule has 1 aromatic heterocycles. The Morgan fingerprint density at radius 2 is 2.25 bits per heavy atom. The minimum atomic E-state index is -0.558. The van der Waals surface area contributed by atoms with E-state index < -0.39 is 6.10 Å². The highest BCUT2D eigenvalue weighted by Crippen LogP contribution is 2.38. The van der Waals surface area contributed by atoms with Crippen LogP contribution >= 0.6 is 11.8 Å². The molecule has 9 nitrogen and oxygen atoms in total. The van der Waals surface area contributed by atoms with Crippen LogP contribution in [0.25, 0.3) is 0 Å². The maximum atomic E-state index is 10.4. The SMILES string of the molecule is CCCSc1nc(N)c2c(n1)N(C1CC(OCCO)C[C@H]1O)NN2. The Morgan fingerprint density at radius 3 is 3.00 bits per heavy atom. The lowest BCUT2D eigenvalue weighted by atomic mass is 10.2. The van der Waals surface area contributed by atoms with Crippen molar-refractivity contribution >= 4 is 29.1 Å². The first-order valence-corrected chi connectivity index (χ1v) is 9.14. The third-order valence-corrected chi connectivity index (χ3v) is 5.14. The van der Waals surface area contributed by atoms with Gasteiger partial charge in [0.25, 0.3) is 0 Å². The predicted molar refractivity (Wildman–Crippen MR) is 92.6 cm³/mol. The molecule has 1 fully saturated rings. The van der Waals surface area contributed by atoms with Gasteiger partial charge in [0.1, 0.15) is 5.69 Å². The Balaban J connectivity index is 1.77. The van der Waals surface area contributed by atoms with Crippen LogP contribution in [0.2, 0.25) is 0 Å². The average molecular weight is 356 g/mol. The summed E-state index contributed by atoms with van der Waals surface area (Å²) in [5.74, 6) is 1.95. The van der Waals surface area contributed by atoms with E-state index in [0.29, 0.717) is 35.3 Å². The second-order valence-corrected chi connectivity index (χ2v) is 6.93. The van der Waals surface area contributed by atoms with E-state index in [0.717, 1.165) is 12.2 Å². The Kier molecular flexibility index (Phi) is 5.61. The highest BCUT2D eigenvalue weighted by molar-refractivity contribution is 7.99. The van der Waals surface area contributed by atoms with Crippen molar-refractivity contribution in [2.75, 3.05) is 35.1 Å². The smallest absolute Gasteiger partial charge is 0.191 e. The summed E-state index contributed by atoms with van der Waals surface area (Å²) in [5, 5.41) is 21.7. The van der Waals surface area contributed by atoms with Crippen LogP contribution in [0.4, 0.5) is 17.3 Å². The van der Waals surface area contributed by atoms with Crippen molar-refractivity contribution in [3.05, 3.63) is 0 Å². The molecule has 1 aliphatic heterocycles. The number of hydrogen-bond donors (Lipinski definition) is 5. The topological polar surface area (TPSA) is 129 Å². The zero-order chi connectivity index (χ0) is 17.1. The lowest BCUT2D eigenvalue weighted by molar-refractivity contribution is 0.0252. The van der Waals surface area contributed by atoms with Crippen molar-refractivity contribution in [3.63, 3.8) is 0 Å². The maximum absolute atomic E-state index is 10.4. The molecule has 0 saturated heterocycles. The number of fused-ring (bicyclic) bond motifs is 1. The van der Waals surface area contributed by atoms with Gasteiger partial charge in [-0.15, -0.1) is 5.53 Å². The summed E-state index contributed by atoms with van der Waals surface area (Å²) in [6, 6.07) is -0.194. The van der Waals surface area contributed by atoms with E-state index in [9.17, 15) is 5.11 Å². The van der Waals surface area contributed by atoms with Crippen LogP contribution in [0.15, 0.2) is 5.16 Å². The molecule has 134 valence electrons. The number of hydrazine groups is 2. The summed E-state index contributed by atoms with van der Waals surface area (Å²) in [7, 11) is 0. The fourth-order valence-corrected chi connectivity index (χ4v) is 3.69. The number of rotatable bonds is 7. The molecule has 6 N–H and O–H groups in total. The van der Waals surface area contributed by atoms with Gasteiger partial charge in [0.05, 0.1) is 31.5 Å². The zero-order valence-electron chi connectivity index (χ0n) is 13.6. The van der Waals surface area contributed by atoms with Crippen molar-refractivity contribution in [2.24, 2.45) is 0 Å². The summed E-state index contributed by atoms with van der Waals surface area (Å²) in [4.78, 5) is 8.88. The Morgan fingerprint density at radius 1 is 1.42 bits per heavy atom. The number of aliphatic hydroxyl groups excluding tert-OH is 2. The number of aromatic nitrogens is 2. The van der Waals surface area contributed by atoms with Crippen molar-refractivity contribution in [2.45, 2.75) is 49.6 Å². The standard InChI is InChI=1S/C14H24N6O3S/c1-2-5-24-14-16-12(15)11-13(17-14)20(19-18-11)9-6-8(7-10(9)22)23-4-3-21/h8-10,18-19,21-22H,2-7H2,1H3,(H2,15,16,17)/t8?,9?,10-/m1/s1. The van der Waals surface area contributed by atoms with Gasteiger partial charge in [0.2, 0.25) is 0 Å². The molecular weight excluding hydrogens is 332 g/mol. The van der Waals surface area contributed by atoms with Crippen LogP contribution in [-0.4, -0.2) is 57.4 Å². The van der Waals surface area contributed by atoms with Crippen molar-refractivity contribution in [1.29, 1.82) is 0 Å². The lowest BCUT2D eigenvalue weighted by Gasteiger charge is -2.26. The van der Waals surface area contributed by atoms with Crippen molar-refractivity contribution in [1.82, 2.24) is 15.5 Å². The van der Waals surface area contributed by atoms with Gasteiger partial charge in [-0.05, 0) is 12.8 Å². The molecule has 3 atom stereocenters. The van der Waals surface area contributed by atoms with E-state index in [1.165, 1.54) is 0 Å². The van der Waals surface area contributed by atoms with Crippen LogP contribution in [0.5, 0.6) is 0 Å². The van der Waals surface area contributed by atoms with Crippen LogP contribution < -0.4 is 21.7 Å². The quantitative estimate of drug-likeness (QED) is 0.339. The molecule has 24 heavy (non-hydrogen) atoms. The molecule has 0 radical (unpaired) electrons. The number of aliphatic hydroxyl groups is 2. The number of nitrogens with one attached hydrogen (secondary N) is 2. The normalized spacial score (nSPS) is 25.8. The molecule has 2 unspecified atom stereocenters. The molecule has 0 spiro atoms. The molecule has 1 aromatic rings. The molecule has 2 heterocycles. The first-order chi connectivity index (χ1) is 11.6. The number of nitrogen functional groups attached to an aromatic ring is 1. The van der Waals surface area contributed by atoms with Gasteiger partial charge in [-0.2, -0.15) is 0 Å². The van der Waals surface area contributed by atoms with E-state index in [4.69, 9.17) is 15.6 Å². The van der Waals surface area contributed by atoms with E-state index >= 15 is 0 Å². The second-order valence-electron chi connectivity index (χ2n) is 5.87. The van der Waals surface area contributed by atoms with Gasteiger partial charge in [-0.3, -0.25) is 10.4 Å². The molecule has 3 rings (SSSR count). The molecule has 0 aromatic carbocycles. The molecule has 0 amide bonds. The van der Waals surface area contributed by atoms with Gasteiger partial charge in [-0.1, -0.05) is 18.7 Å². The average Bonchev–Trinajstić information content (AvgIpc) is 3.14. The zero-order valence-corrected chi connectivity index (χ0v) is 14.4. The fourth-order valence-electron chi connectivity index (χ4n) is 2.99. The largest absolute Gasteiger partial charge is 0.394 e. The first kappa shape index (κ1) is 17.5. The minimum Gasteiger partial charge on any atom is -0.394 e. The monoisotopic (exact) mass is 356 g/mol. The first-order valence-electron chi connectivity index (χ1n) is 8.15. The molecule has 2 aliphatic rings. The van der Waals surface area contributed by atoms with E-state index in [-0.39, 0.29) is 25.4 Å². The van der Waals surface area contributed by atoms with Crippen LogP contribution in [0, 0.1) is 0 Å². The summed E-state index contributed by atoms with van der Waals surface area (Å²) >= 11 is 1.56. The van der Waals surface area contributed by atoms with E-state index in [1.54, 1.807) is 16.8 Å². The lowest BCUT2D eigenvalue weighted by Crippen LogP contribution is -2.48. The van der Waals surface area contributed by atoms with E-state index in [2.05, 4.69) is 27.9 Å². The Labute approximate surface area is 144 Å². The van der Waals surface area contributed by atoms with Gasteiger partial charge in [0, 0.05) is 12.2 Å². The highest BCUT2D eigenvalue weighted by Gasteiger charge is 2.41. The van der Waals surface area contributed by atoms with Gasteiger partial charge >= 0.3 is 0 Å². The number of ether oxygens (including phenoxy) is 1. The molecule has 10 heteroatoms. The summed E-state index contributed by atoms with van der Waals surface area (Å²) < 4.78 is 5.55. The number of hydrogen-bond acceptors (Lipinski definition) is 10. The summed E-state index contributed by atoms with van der Waals surface area (Å²) in [6.07, 6.45) is 1.54. The van der Waals surface area contributed by atoms with Crippen molar-refractivity contribution < 1.29 is 14.9 Å². The highest BCUT2D eigenvalue weighted by atomic mass is 32.2. The number of nitrogens with two attached hydrogens (primary N) is 1. The second kappa shape index (κ2) is 7.70. The fraction of sp³-hybridized carbons (Fsp3) is 0.714. The molecule has 1 aliphatic carbocycles. The molecule has 1 saturated carbocycles. The number of anilines is 3. The summed E-state index contributed by atoms with van der Waals surface area (Å²) in [5.41, 5.74) is 12.7. The number of thioether (sulfide) groups is 1. The Hall–Kier alpha value is -1.33. The van der Waals surface area contributed by atoms with E-state index in [1.807, 2.05) is 0 Å². The summed E-state index contributed by atoms with van der Waals surface area (Å²) in [6.45, 7) is 2.35. The van der Waals surface area contributed by atoms with Crippen LogP contribution in [0.3, 0.4) is 0 Å². The molecule has 0 bridgehead atoms. The Bertz CT molecular complexity index is 578. The number of nitrogens with zero attached hydrogens (tertiary/aromatic N) is 3. The third-order valence-electron chi connectivity index (χ3n) is 4.09. The third kappa shape index (κ3) is 3.52. The molecular formula is C14H24N6O3S. The van der Waals surface area contributed by atoms with Crippen LogP contribution in [-0.2, 0) is 4.74 Å². The van der Waals surface area contributed by atoms with Crippen molar-refractivity contribution in [3.8, 4) is 0 Å². The maximum Gasteiger partial charge on any atom is 0.191 e. The van der Waals surface area contributed by atoms with Gasteiger partial charge in [-0.25, -0.2) is 9.97 Å². The van der Waals surface area contributed by atoms with Gasteiger partial charge in [0.15, 0.2) is 16.8 Å². The van der Waals surface area contributed by atoms with Crippen LogP contribution in [0.1, 0.15) is 26.2 Å².